The van der Waals surface area contributed by atoms with Gasteiger partial charge in [-0.2, -0.15) is 5.10 Å². The molecule has 1 fully saturated rings. The summed E-state index contributed by atoms with van der Waals surface area (Å²) >= 11 is 0. The quantitative estimate of drug-likeness (QED) is 0.731. The van der Waals surface area contributed by atoms with Crippen LogP contribution in [0.25, 0.3) is 22.3 Å². The number of fused-ring (bicyclic) bond motifs is 1. The number of halogens is 1. The van der Waals surface area contributed by atoms with E-state index in [1.807, 2.05) is 6.07 Å². The molecule has 0 unspecified atom stereocenters. The summed E-state index contributed by atoms with van der Waals surface area (Å²) in [7, 11) is 0. The lowest BCUT2D eigenvalue weighted by Crippen LogP contribution is -2.41. The first-order valence-electron chi connectivity index (χ1n) is 7.46. The molecule has 126 valence electrons. The molecule has 3 aromatic heterocycles. The average molecular weight is 349 g/mol. The van der Waals surface area contributed by atoms with Crippen LogP contribution in [0.3, 0.4) is 0 Å². The fourth-order valence-corrected chi connectivity index (χ4v) is 2.48. The van der Waals surface area contributed by atoms with Crippen LogP contribution in [0.4, 0.5) is 0 Å². The lowest BCUT2D eigenvalue weighted by molar-refractivity contribution is -0.000407. The summed E-state index contributed by atoms with van der Waals surface area (Å²) in [5, 5.41) is 10.0. The normalized spacial score (nSPS) is 17.4. The Morgan fingerprint density at radius 2 is 2.21 bits per heavy atom. The van der Waals surface area contributed by atoms with Crippen LogP contribution < -0.4 is 10.1 Å². The van der Waals surface area contributed by atoms with Gasteiger partial charge < -0.3 is 14.8 Å². The Labute approximate surface area is 144 Å². The first-order valence-corrected chi connectivity index (χ1v) is 7.46. The van der Waals surface area contributed by atoms with Crippen molar-refractivity contribution in [1.82, 2.24) is 30.5 Å². The minimum absolute atomic E-state index is 0. The first-order chi connectivity index (χ1) is 11.4. The van der Waals surface area contributed by atoms with Crippen molar-refractivity contribution in [1.29, 1.82) is 0 Å². The van der Waals surface area contributed by atoms with Gasteiger partial charge in [0.1, 0.15) is 12.7 Å². The van der Waals surface area contributed by atoms with E-state index in [-0.39, 0.29) is 18.5 Å². The Bertz CT molecular complexity index is 792. The molecule has 1 saturated heterocycles. The molecular formula is C15H17ClN6O2. The SMILES string of the molecule is Cl.c1cnc2c(OC[C@H]3CNCCO3)nc(-c3cn[nH]c3)cc2n1. The molecule has 2 N–H and O–H groups in total. The van der Waals surface area contributed by atoms with Crippen LogP contribution in [0.5, 0.6) is 5.88 Å². The zero-order valence-corrected chi connectivity index (χ0v) is 13.6. The Hall–Kier alpha value is -2.29. The highest BCUT2D eigenvalue weighted by molar-refractivity contribution is 5.85. The number of pyridine rings is 1. The van der Waals surface area contributed by atoms with E-state index >= 15 is 0 Å². The summed E-state index contributed by atoms with van der Waals surface area (Å²) in [6, 6.07) is 1.87. The number of morpholine rings is 1. The van der Waals surface area contributed by atoms with Gasteiger partial charge in [0.15, 0.2) is 5.52 Å². The number of nitrogens with zero attached hydrogens (tertiary/aromatic N) is 4. The monoisotopic (exact) mass is 348 g/mol. The molecule has 1 aliphatic heterocycles. The van der Waals surface area contributed by atoms with Gasteiger partial charge in [-0.25, -0.2) is 9.97 Å². The molecule has 4 rings (SSSR count). The second kappa shape index (κ2) is 7.52. The number of rotatable bonds is 4. The highest BCUT2D eigenvalue weighted by Crippen LogP contribution is 2.26. The largest absolute Gasteiger partial charge is 0.473 e. The highest BCUT2D eigenvalue weighted by atomic mass is 35.5. The molecule has 0 spiro atoms. The lowest BCUT2D eigenvalue weighted by atomic mass is 10.2. The number of aromatic nitrogens is 5. The molecule has 0 amide bonds. The topological polar surface area (TPSA) is 97.8 Å². The Morgan fingerprint density at radius 3 is 3.00 bits per heavy atom. The van der Waals surface area contributed by atoms with Crippen molar-refractivity contribution in [3.8, 4) is 17.1 Å². The van der Waals surface area contributed by atoms with Crippen LogP contribution in [0.2, 0.25) is 0 Å². The van der Waals surface area contributed by atoms with Crippen LogP contribution in [0, 0.1) is 0 Å². The van der Waals surface area contributed by atoms with Crippen molar-refractivity contribution in [2.24, 2.45) is 0 Å². The van der Waals surface area contributed by atoms with Crippen LogP contribution in [0.15, 0.2) is 30.9 Å². The van der Waals surface area contributed by atoms with Gasteiger partial charge >= 0.3 is 0 Å². The van der Waals surface area contributed by atoms with Crippen molar-refractivity contribution in [2.75, 3.05) is 26.3 Å². The fraction of sp³-hybridized carbons (Fsp3) is 0.333. The third-order valence-electron chi connectivity index (χ3n) is 3.63. The Kier molecular flexibility index (Phi) is 5.19. The van der Waals surface area contributed by atoms with Gasteiger partial charge in [-0.05, 0) is 6.07 Å². The number of hydrogen-bond donors (Lipinski definition) is 2. The molecule has 9 heteroatoms. The van der Waals surface area contributed by atoms with Crippen molar-refractivity contribution < 1.29 is 9.47 Å². The van der Waals surface area contributed by atoms with E-state index in [1.165, 1.54) is 0 Å². The first kappa shape index (κ1) is 16.6. The van der Waals surface area contributed by atoms with Crippen LogP contribution in [-0.4, -0.2) is 57.6 Å². The third kappa shape index (κ3) is 3.45. The predicted octanol–water partition coefficient (Wildman–Crippen LogP) is 1.20. The van der Waals surface area contributed by atoms with E-state index < -0.39 is 0 Å². The highest BCUT2D eigenvalue weighted by Gasteiger charge is 2.17. The molecule has 4 heterocycles. The van der Waals surface area contributed by atoms with E-state index in [1.54, 1.807) is 24.8 Å². The van der Waals surface area contributed by atoms with Crippen molar-refractivity contribution in [3.05, 3.63) is 30.9 Å². The third-order valence-corrected chi connectivity index (χ3v) is 3.63. The van der Waals surface area contributed by atoms with E-state index in [4.69, 9.17) is 9.47 Å². The summed E-state index contributed by atoms with van der Waals surface area (Å²) in [5.74, 6) is 0.459. The summed E-state index contributed by atoms with van der Waals surface area (Å²) in [5.41, 5.74) is 2.99. The predicted molar refractivity (Wildman–Crippen MR) is 90.3 cm³/mol. The second-order valence-electron chi connectivity index (χ2n) is 5.23. The van der Waals surface area contributed by atoms with E-state index in [2.05, 4.69) is 30.5 Å². The summed E-state index contributed by atoms with van der Waals surface area (Å²) in [6.45, 7) is 2.75. The van der Waals surface area contributed by atoms with Gasteiger partial charge in [0, 0.05) is 37.2 Å². The Balaban J connectivity index is 0.00000169. The molecule has 24 heavy (non-hydrogen) atoms. The molecule has 1 atom stereocenters. The Morgan fingerprint density at radius 1 is 1.29 bits per heavy atom. The smallest absolute Gasteiger partial charge is 0.242 e. The molecule has 0 bridgehead atoms. The standard InChI is InChI=1S/C15H16N6O2.ClH/c1-2-18-14-13(17-1)5-12(10-6-19-20-7-10)21-15(14)23-9-11-8-16-3-4-22-11;/h1-2,5-7,11,16H,3-4,8-9H2,(H,19,20);1H/t11-;/m1./s1. The van der Waals surface area contributed by atoms with Crippen LogP contribution in [-0.2, 0) is 4.74 Å². The number of ether oxygens (including phenoxy) is 2. The average Bonchev–Trinajstić information content (AvgIpc) is 3.15. The number of nitrogens with one attached hydrogen (secondary N) is 2. The molecular weight excluding hydrogens is 332 g/mol. The van der Waals surface area contributed by atoms with Crippen molar-refractivity contribution >= 4 is 23.4 Å². The van der Waals surface area contributed by atoms with Crippen LogP contribution in [0.1, 0.15) is 0 Å². The number of hydrogen-bond acceptors (Lipinski definition) is 7. The van der Waals surface area contributed by atoms with E-state index in [9.17, 15) is 0 Å². The maximum Gasteiger partial charge on any atom is 0.242 e. The summed E-state index contributed by atoms with van der Waals surface area (Å²) in [6.07, 6.45) is 6.78. The zero-order chi connectivity index (χ0) is 15.5. The zero-order valence-electron chi connectivity index (χ0n) is 12.8. The van der Waals surface area contributed by atoms with Gasteiger partial charge in [-0.3, -0.25) is 10.1 Å². The lowest BCUT2D eigenvalue weighted by Gasteiger charge is -2.23. The molecule has 0 radical (unpaired) electrons. The minimum atomic E-state index is 0. The fourth-order valence-electron chi connectivity index (χ4n) is 2.48. The number of aromatic amines is 1. The number of H-pyrrole nitrogens is 1. The maximum absolute atomic E-state index is 5.89. The van der Waals surface area contributed by atoms with E-state index in [0.717, 1.165) is 29.9 Å². The van der Waals surface area contributed by atoms with Crippen LogP contribution >= 0.6 is 12.4 Å². The molecule has 0 aliphatic carbocycles. The minimum Gasteiger partial charge on any atom is -0.473 e. The molecule has 0 aromatic carbocycles. The van der Waals surface area contributed by atoms with Gasteiger partial charge in [0.05, 0.1) is 24.0 Å². The summed E-state index contributed by atoms with van der Waals surface area (Å²) in [4.78, 5) is 13.3. The van der Waals surface area contributed by atoms with Gasteiger partial charge in [-0.15, -0.1) is 12.4 Å². The van der Waals surface area contributed by atoms with Crippen molar-refractivity contribution in [3.63, 3.8) is 0 Å². The molecule has 1 aliphatic rings. The van der Waals surface area contributed by atoms with E-state index in [0.29, 0.717) is 24.6 Å². The van der Waals surface area contributed by atoms with Gasteiger partial charge in [0.25, 0.3) is 0 Å². The van der Waals surface area contributed by atoms with Crippen molar-refractivity contribution in [2.45, 2.75) is 6.10 Å². The second-order valence-corrected chi connectivity index (χ2v) is 5.23. The molecule has 8 nitrogen and oxygen atoms in total. The van der Waals surface area contributed by atoms with Gasteiger partial charge in [0.2, 0.25) is 5.88 Å². The maximum atomic E-state index is 5.89. The van der Waals surface area contributed by atoms with Gasteiger partial charge in [-0.1, -0.05) is 0 Å². The molecule has 0 saturated carbocycles. The molecule has 3 aromatic rings. The summed E-state index contributed by atoms with van der Waals surface area (Å²) < 4.78 is 11.5.